The zero-order valence-corrected chi connectivity index (χ0v) is 14.0. The first-order valence-electron chi connectivity index (χ1n) is 7.35. The fourth-order valence-corrected chi connectivity index (χ4v) is 4.91. The van der Waals surface area contributed by atoms with Crippen LogP contribution in [0.5, 0.6) is 0 Å². The Labute approximate surface area is 129 Å². The second-order valence-electron chi connectivity index (χ2n) is 6.13. The lowest BCUT2D eigenvalue weighted by atomic mass is 9.80. The summed E-state index contributed by atoms with van der Waals surface area (Å²) < 4.78 is 2.44. The van der Waals surface area contributed by atoms with Crippen molar-refractivity contribution in [3.8, 4) is 0 Å². The Hall–Kier alpha value is -0.740. The third-order valence-electron chi connectivity index (χ3n) is 4.09. The minimum atomic E-state index is 0.624. The van der Waals surface area contributed by atoms with Crippen molar-refractivity contribution in [3.05, 3.63) is 18.2 Å². The predicted molar refractivity (Wildman–Crippen MR) is 91.0 cm³/mol. The van der Waals surface area contributed by atoms with Gasteiger partial charge in [-0.1, -0.05) is 25.6 Å². The average molecular weight is 306 g/mol. The van der Waals surface area contributed by atoms with Crippen LogP contribution < -0.4 is 5.32 Å². The summed E-state index contributed by atoms with van der Waals surface area (Å²) in [6.45, 7) is 4.75. The number of hydrogen-bond donors (Lipinski definition) is 1. The fourth-order valence-electron chi connectivity index (χ4n) is 3.38. The zero-order chi connectivity index (χ0) is 14.1. The molecule has 0 saturated heterocycles. The van der Waals surface area contributed by atoms with E-state index in [0.29, 0.717) is 6.04 Å². The number of nitrogens with zero attached hydrogens (tertiary/aromatic N) is 1. The van der Waals surface area contributed by atoms with Gasteiger partial charge in [-0.05, 0) is 55.6 Å². The Morgan fingerprint density at radius 3 is 2.65 bits per heavy atom. The van der Waals surface area contributed by atoms with E-state index in [1.807, 2.05) is 0 Å². The van der Waals surface area contributed by atoms with Gasteiger partial charge in [0.15, 0.2) is 4.34 Å². The normalized spacial score (nSPS) is 26.9. The van der Waals surface area contributed by atoms with Crippen molar-refractivity contribution in [1.29, 1.82) is 0 Å². The van der Waals surface area contributed by atoms with Crippen molar-refractivity contribution >= 4 is 39.0 Å². The molecule has 1 fully saturated rings. The molecule has 1 aliphatic rings. The van der Waals surface area contributed by atoms with Gasteiger partial charge in [-0.25, -0.2) is 4.98 Å². The molecule has 0 radical (unpaired) electrons. The number of aromatic nitrogens is 1. The average Bonchev–Trinajstić information content (AvgIpc) is 2.79. The summed E-state index contributed by atoms with van der Waals surface area (Å²) in [7, 11) is 0. The highest BCUT2D eigenvalue weighted by Crippen LogP contribution is 2.33. The van der Waals surface area contributed by atoms with Crippen LogP contribution in [0, 0.1) is 11.8 Å². The van der Waals surface area contributed by atoms with Crippen molar-refractivity contribution in [1.82, 2.24) is 4.98 Å². The number of rotatable bonds is 3. The van der Waals surface area contributed by atoms with Crippen molar-refractivity contribution in [3.63, 3.8) is 0 Å². The molecule has 1 N–H and O–H groups in total. The van der Waals surface area contributed by atoms with Gasteiger partial charge < -0.3 is 5.32 Å². The van der Waals surface area contributed by atoms with E-state index in [9.17, 15) is 0 Å². The molecular formula is C16H22N2S2. The van der Waals surface area contributed by atoms with Crippen LogP contribution in [0.1, 0.15) is 33.1 Å². The smallest absolute Gasteiger partial charge is 0.150 e. The third-order valence-corrected chi connectivity index (χ3v) is 6.10. The standard InChI is InChI=1S/C16H22N2S2/c1-10-6-11(2)8-13(7-10)17-12-4-5-14-15(9-12)20-16(18-14)19-3/h4-5,9-11,13,17H,6-8H2,1-3H3. The highest BCUT2D eigenvalue weighted by atomic mass is 32.2. The van der Waals surface area contributed by atoms with Gasteiger partial charge in [-0.2, -0.15) is 0 Å². The van der Waals surface area contributed by atoms with Gasteiger partial charge in [0.1, 0.15) is 0 Å². The van der Waals surface area contributed by atoms with E-state index in [1.165, 1.54) is 29.6 Å². The second kappa shape index (κ2) is 5.94. The van der Waals surface area contributed by atoms with E-state index in [0.717, 1.165) is 21.7 Å². The fraction of sp³-hybridized carbons (Fsp3) is 0.562. The predicted octanol–water partition coefficient (Wildman–Crippen LogP) is 5.25. The van der Waals surface area contributed by atoms with E-state index >= 15 is 0 Å². The summed E-state index contributed by atoms with van der Waals surface area (Å²) in [5, 5.41) is 3.73. The van der Waals surface area contributed by atoms with Crippen LogP contribution in [-0.2, 0) is 0 Å². The lowest BCUT2D eigenvalue weighted by Crippen LogP contribution is -2.30. The molecule has 2 nitrogen and oxygen atoms in total. The number of hydrogen-bond acceptors (Lipinski definition) is 4. The lowest BCUT2D eigenvalue weighted by Gasteiger charge is -2.32. The molecule has 2 aromatic rings. The molecule has 1 aromatic heterocycles. The molecule has 4 heteroatoms. The molecule has 0 spiro atoms. The Morgan fingerprint density at radius 2 is 1.95 bits per heavy atom. The summed E-state index contributed by atoms with van der Waals surface area (Å²) in [6, 6.07) is 7.20. The van der Waals surface area contributed by atoms with Crippen molar-refractivity contribution < 1.29 is 0 Å². The second-order valence-corrected chi connectivity index (χ2v) is 8.21. The first-order valence-corrected chi connectivity index (χ1v) is 9.39. The van der Waals surface area contributed by atoms with Crippen molar-refractivity contribution in [2.75, 3.05) is 11.6 Å². The van der Waals surface area contributed by atoms with Crippen LogP contribution in [0.25, 0.3) is 10.2 Å². The van der Waals surface area contributed by atoms with E-state index in [4.69, 9.17) is 0 Å². The molecule has 1 heterocycles. The van der Waals surface area contributed by atoms with Crippen LogP contribution in [-0.4, -0.2) is 17.3 Å². The monoisotopic (exact) mass is 306 g/mol. The summed E-state index contributed by atoms with van der Waals surface area (Å²) >= 11 is 3.51. The number of thioether (sulfide) groups is 1. The van der Waals surface area contributed by atoms with Gasteiger partial charge in [0.2, 0.25) is 0 Å². The van der Waals surface area contributed by atoms with Crippen LogP contribution in [0.4, 0.5) is 5.69 Å². The summed E-state index contributed by atoms with van der Waals surface area (Å²) in [5.74, 6) is 1.68. The minimum Gasteiger partial charge on any atom is -0.382 e. The van der Waals surface area contributed by atoms with Crippen molar-refractivity contribution in [2.24, 2.45) is 11.8 Å². The Bertz CT molecular complexity index is 583. The van der Waals surface area contributed by atoms with Gasteiger partial charge in [-0.3, -0.25) is 0 Å². The van der Waals surface area contributed by atoms with Gasteiger partial charge in [-0.15, -0.1) is 11.3 Å². The van der Waals surface area contributed by atoms with Crippen LogP contribution >= 0.6 is 23.1 Å². The number of nitrogens with one attached hydrogen (secondary N) is 1. The topological polar surface area (TPSA) is 24.9 Å². The number of fused-ring (bicyclic) bond motifs is 1. The zero-order valence-electron chi connectivity index (χ0n) is 12.3. The highest BCUT2D eigenvalue weighted by molar-refractivity contribution is 8.00. The van der Waals surface area contributed by atoms with Crippen LogP contribution in [0.3, 0.4) is 0 Å². The number of anilines is 1. The largest absolute Gasteiger partial charge is 0.382 e. The molecule has 0 amide bonds. The third kappa shape index (κ3) is 3.12. The van der Waals surface area contributed by atoms with Crippen molar-refractivity contribution in [2.45, 2.75) is 43.5 Å². The van der Waals surface area contributed by atoms with Crippen LogP contribution in [0.15, 0.2) is 22.5 Å². The summed E-state index contributed by atoms with van der Waals surface area (Å²) in [6.07, 6.45) is 6.05. The lowest BCUT2D eigenvalue weighted by molar-refractivity contribution is 0.281. The first kappa shape index (κ1) is 14.2. The molecule has 2 atom stereocenters. The van der Waals surface area contributed by atoms with Crippen LogP contribution in [0.2, 0.25) is 0 Å². The number of benzene rings is 1. The molecule has 0 bridgehead atoms. The van der Waals surface area contributed by atoms with Gasteiger partial charge in [0.05, 0.1) is 10.2 Å². The minimum absolute atomic E-state index is 0.624. The molecular weight excluding hydrogens is 284 g/mol. The molecule has 20 heavy (non-hydrogen) atoms. The Kier molecular flexibility index (Phi) is 4.22. The maximum absolute atomic E-state index is 4.60. The van der Waals surface area contributed by atoms with E-state index < -0.39 is 0 Å². The Morgan fingerprint density at radius 1 is 1.20 bits per heavy atom. The maximum Gasteiger partial charge on any atom is 0.150 e. The maximum atomic E-state index is 4.60. The van der Waals surface area contributed by atoms with Gasteiger partial charge in [0.25, 0.3) is 0 Å². The SMILES string of the molecule is CSc1nc2ccc(NC3CC(C)CC(C)C3)cc2s1. The summed E-state index contributed by atoms with van der Waals surface area (Å²) in [4.78, 5) is 4.60. The van der Waals surface area contributed by atoms with E-state index in [1.54, 1.807) is 23.1 Å². The van der Waals surface area contributed by atoms with E-state index in [2.05, 4.69) is 48.6 Å². The molecule has 1 aliphatic carbocycles. The number of thiazole rings is 1. The van der Waals surface area contributed by atoms with Gasteiger partial charge in [0, 0.05) is 11.7 Å². The molecule has 3 rings (SSSR count). The molecule has 108 valence electrons. The molecule has 1 aromatic carbocycles. The van der Waals surface area contributed by atoms with Gasteiger partial charge >= 0.3 is 0 Å². The Balaban J connectivity index is 1.76. The first-order chi connectivity index (χ1) is 9.64. The summed E-state index contributed by atoms with van der Waals surface area (Å²) in [5.41, 5.74) is 2.37. The molecule has 0 aliphatic heterocycles. The molecule has 1 saturated carbocycles. The molecule has 2 unspecified atom stereocenters. The quantitative estimate of drug-likeness (QED) is 0.783. The highest BCUT2D eigenvalue weighted by Gasteiger charge is 2.23. The van der Waals surface area contributed by atoms with E-state index in [-0.39, 0.29) is 0 Å².